The first-order valence-corrected chi connectivity index (χ1v) is 3.55. The van der Waals surface area contributed by atoms with E-state index >= 15 is 0 Å². The Balaban J connectivity index is 0.000000218. The maximum Gasteiger partial charge on any atom is 0.292 e. The Labute approximate surface area is 66.9 Å². The van der Waals surface area contributed by atoms with Gasteiger partial charge in [0.1, 0.15) is 0 Å². The average molecular weight is 161 g/mol. The van der Waals surface area contributed by atoms with Gasteiger partial charge in [-0.25, -0.2) is 0 Å². The van der Waals surface area contributed by atoms with Gasteiger partial charge in [-0.3, -0.25) is 4.79 Å². The molecule has 0 spiro atoms. The van der Waals surface area contributed by atoms with Crippen molar-refractivity contribution in [3.63, 3.8) is 0 Å². The third kappa shape index (κ3) is 5.82. The molecule has 0 amide bonds. The van der Waals surface area contributed by atoms with E-state index in [1.165, 1.54) is 13.5 Å². The van der Waals surface area contributed by atoms with Crippen molar-refractivity contribution in [3.8, 4) is 0 Å². The first-order chi connectivity index (χ1) is 5.35. The summed E-state index contributed by atoms with van der Waals surface area (Å²) in [5.41, 5.74) is 0. The zero-order valence-electron chi connectivity index (χ0n) is 7.00. The van der Waals surface area contributed by atoms with E-state index < -0.39 is 0 Å². The minimum Gasteiger partial charge on any atom is -0.471 e. The van der Waals surface area contributed by atoms with Crippen molar-refractivity contribution in [1.82, 2.24) is 5.32 Å². The highest BCUT2D eigenvalue weighted by Crippen LogP contribution is 1.99. The van der Waals surface area contributed by atoms with Crippen LogP contribution in [0.5, 0.6) is 0 Å². The van der Waals surface area contributed by atoms with Crippen LogP contribution in [0.4, 0.5) is 0 Å². The number of hydrogen-bond acceptors (Lipinski definition) is 4. The van der Waals surface area contributed by atoms with E-state index in [4.69, 9.17) is 9.53 Å². The van der Waals surface area contributed by atoms with Crippen LogP contribution in [-0.4, -0.2) is 39.9 Å². The van der Waals surface area contributed by atoms with Crippen molar-refractivity contribution < 1.29 is 14.3 Å². The summed E-state index contributed by atoms with van der Waals surface area (Å²) in [5, 5.41) is 3.20. The summed E-state index contributed by atoms with van der Waals surface area (Å²) in [6, 6.07) is 0. The normalized spacial score (nSPS) is 21.8. The van der Waals surface area contributed by atoms with Crippen LogP contribution < -0.4 is 5.32 Å². The first-order valence-electron chi connectivity index (χ1n) is 3.55. The standard InChI is InChI=1S/C5H11NO.C2H4O2/c1-7-5-2-3-6-4-5;1-4-2-3/h5-6H,2-4H2,1H3;2H,1H3. The van der Waals surface area contributed by atoms with Gasteiger partial charge in [-0.1, -0.05) is 0 Å². The Morgan fingerprint density at radius 3 is 2.36 bits per heavy atom. The lowest BCUT2D eigenvalue weighted by Gasteiger charge is -2.01. The second-order valence-corrected chi connectivity index (χ2v) is 2.18. The topological polar surface area (TPSA) is 47.6 Å². The van der Waals surface area contributed by atoms with Gasteiger partial charge in [0.2, 0.25) is 0 Å². The predicted molar refractivity (Wildman–Crippen MR) is 41.4 cm³/mol. The fourth-order valence-corrected chi connectivity index (χ4v) is 0.829. The van der Waals surface area contributed by atoms with E-state index in [2.05, 4.69) is 10.1 Å². The molecule has 0 aromatic heterocycles. The molecule has 1 unspecified atom stereocenters. The van der Waals surface area contributed by atoms with Crippen LogP contribution in [0.15, 0.2) is 0 Å². The number of methoxy groups -OCH3 is 2. The van der Waals surface area contributed by atoms with Crippen molar-refractivity contribution in [3.05, 3.63) is 0 Å². The van der Waals surface area contributed by atoms with E-state index in [-0.39, 0.29) is 0 Å². The number of ether oxygens (including phenoxy) is 2. The van der Waals surface area contributed by atoms with Crippen LogP contribution in [0.2, 0.25) is 0 Å². The summed E-state index contributed by atoms with van der Waals surface area (Å²) in [7, 11) is 3.07. The van der Waals surface area contributed by atoms with Crippen molar-refractivity contribution in [2.45, 2.75) is 12.5 Å². The number of carbonyl (C=O) groups is 1. The third-order valence-corrected chi connectivity index (χ3v) is 1.44. The van der Waals surface area contributed by atoms with Crippen molar-refractivity contribution in [2.24, 2.45) is 0 Å². The fraction of sp³-hybridized carbons (Fsp3) is 0.857. The molecule has 0 aliphatic carbocycles. The summed E-state index contributed by atoms with van der Waals surface area (Å²) in [5.74, 6) is 0. The smallest absolute Gasteiger partial charge is 0.292 e. The molecule has 4 nitrogen and oxygen atoms in total. The molecule has 4 heteroatoms. The molecule has 1 N–H and O–H groups in total. The highest BCUT2D eigenvalue weighted by atomic mass is 16.5. The third-order valence-electron chi connectivity index (χ3n) is 1.44. The molecule has 1 saturated heterocycles. The summed E-state index contributed by atoms with van der Waals surface area (Å²) in [6.07, 6.45) is 1.66. The number of carbonyl (C=O) groups excluding carboxylic acids is 1. The van der Waals surface area contributed by atoms with Gasteiger partial charge in [-0.2, -0.15) is 0 Å². The van der Waals surface area contributed by atoms with Crippen LogP contribution in [0.3, 0.4) is 0 Å². The van der Waals surface area contributed by atoms with Gasteiger partial charge in [-0.15, -0.1) is 0 Å². The zero-order valence-corrected chi connectivity index (χ0v) is 7.00. The minimum absolute atomic E-state index is 0.375. The van der Waals surface area contributed by atoms with Crippen molar-refractivity contribution >= 4 is 6.47 Å². The molecule has 11 heavy (non-hydrogen) atoms. The Morgan fingerprint density at radius 1 is 1.55 bits per heavy atom. The average Bonchev–Trinajstić information content (AvgIpc) is 2.56. The van der Waals surface area contributed by atoms with Crippen LogP contribution in [0.1, 0.15) is 6.42 Å². The summed E-state index contributed by atoms with van der Waals surface area (Å²) < 4.78 is 8.91. The van der Waals surface area contributed by atoms with Crippen LogP contribution in [0, 0.1) is 0 Å². The summed E-state index contributed by atoms with van der Waals surface area (Å²) in [6.45, 7) is 2.54. The first kappa shape index (κ1) is 10.4. The van der Waals surface area contributed by atoms with Gasteiger partial charge in [0.15, 0.2) is 0 Å². The van der Waals surface area contributed by atoms with Crippen molar-refractivity contribution in [2.75, 3.05) is 27.3 Å². The minimum atomic E-state index is 0.375. The molecule has 0 radical (unpaired) electrons. The van der Waals surface area contributed by atoms with Crippen LogP contribution >= 0.6 is 0 Å². The molecule has 1 heterocycles. The van der Waals surface area contributed by atoms with E-state index in [1.807, 2.05) is 0 Å². The van der Waals surface area contributed by atoms with Crippen LogP contribution in [0.25, 0.3) is 0 Å². The molecule has 0 saturated carbocycles. The SMILES string of the molecule is COC1CCNC1.COC=O. The fourth-order valence-electron chi connectivity index (χ4n) is 0.829. The molecule has 66 valence electrons. The van der Waals surface area contributed by atoms with E-state index in [9.17, 15) is 0 Å². The van der Waals surface area contributed by atoms with E-state index in [0.717, 1.165) is 13.1 Å². The lowest BCUT2D eigenvalue weighted by molar-refractivity contribution is -0.126. The van der Waals surface area contributed by atoms with Crippen LogP contribution in [-0.2, 0) is 14.3 Å². The van der Waals surface area contributed by atoms with Gasteiger partial charge in [0, 0.05) is 13.7 Å². The van der Waals surface area contributed by atoms with Gasteiger partial charge >= 0.3 is 0 Å². The second-order valence-electron chi connectivity index (χ2n) is 2.18. The lowest BCUT2D eigenvalue weighted by Crippen LogP contribution is -2.14. The molecule has 1 aliphatic heterocycles. The predicted octanol–water partition coefficient (Wildman–Crippen LogP) is -0.216. The zero-order chi connectivity index (χ0) is 8.53. The molecule has 0 aromatic carbocycles. The second kappa shape index (κ2) is 7.50. The highest BCUT2D eigenvalue weighted by molar-refractivity contribution is 5.36. The number of rotatable bonds is 2. The largest absolute Gasteiger partial charge is 0.471 e. The monoisotopic (exact) mass is 161 g/mol. The van der Waals surface area contributed by atoms with Gasteiger partial charge in [0.25, 0.3) is 6.47 Å². The Hall–Kier alpha value is -0.610. The molecule has 1 fully saturated rings. The molecule has 0 bridgehead atoms. The van der Waals surface area contributed by atoms with E-state index in [0.29, 0.717) is 12.6 Å². The number of hydrogen-bond donors (Lipinski definition) is 1. The number of nitrogens with one attached hydrogen (secondary N) is 1. The Morgan fingerprint density at radius 2 is 2.18 bits per heavy atom. The molecule has 1 rings (SSSR count). The maximum absolute atomic E-state index is 8.95. The Bertz CT molecular complexity index is 91.7. The molecule has 1 aliphatic rings. The maximum atomic E-state index is 8.95. The molecule has 1 atom stereocenters. The molecular formula is C7H15NO3. The van der Waals surface area contributed by atoms with Gasteiger partial charge < -0.3 is 14.8 Å². The Kier molecular flexibility index (Phi) is 7.08. The summed E-state index contributed by atoms with van der Waals surface area (Å²) in [4.78, 5) is 8.95. The van der Waals surface area contributed by atoms with E-state index in [1.54, 1.807) is 7.11 Å². The molecule has 0 aromatic rings. The summed E-state index contributed by atoms with van der Waals surface area (Å²) >= 11 is 0. The highest BCUT2D eigenvalue weighted by Gasteiger charge is 2.11. The quantitative estimate of drug-likeness (QED) is 0.569. The van der Waals surface area contributed by atoms with Gasteiger partial charge in [-0.05, 0) is 13.0 Å². The molecular weight excluding hydrogens is 146 g/mol. The van der Waals surface area contributed by atoms with Crippen molar-refractivity contribution in [1.29, 1.82) is 0 Å². The van der Waals surface area contributed by atoms with Gasteiger partial charge in [0.05, 0.1) is 13.2 Å². The lowest BCUT2D eigenvalue weighted by atomic mass is 10.3.